The lowest BCUT2D eigenvalue weighted by Crippen LogP contribution is -2.49. The first-order valence-electron chi connectivity index (χ1n) is 9.62. The van der Waals surface area contributed by atoms with Crippen LogP contribution in [0.5, 0.6) is 0 Å². The number of halogens is 3. The van der Waals surface area contributed by atoms with Gasteiger partial charge in [0.15, 0.2) is 0 Å². The number of hydrogen-bond acceptors (Lipinski definition) is 5. The van der Waals surface area contributed by atoms with E-state index in [1.165, 1.54) is 16.4 Å². The zero-order valence-electron chi connectivity index (χ0n) is 16.7. The normalized spacial score (nSPS) is 17.2. The van der Waals surface area contributed by atoms with E-state index in [2.05, 4.69) is 16.8 Å². The van der Waals surface area contributed by atoms with Gasteiger partial charge in [0.05, 0.1) is 27.3 Å². The highest BCUT2D eigenvalue weighted by molar-refractivity contribution is 7.89. The molecule has 4 rings (SSSR count). The average Bonchev–Trinajstić information content (AvgIpc) is 2.72. The molecule has 0 amide bonds. The van der Waals surface area contributed by atoms with Crippen molar-refractivity contribution in [2.45, 2.75) is 17.9 Å². The van der Waals surface area contributed by atoms with Crippen LogP contribution >= 0.6 is 34.8 Å². The van der Waals surface area contributed by atoms with Gasteiger partial charge in [-0.3, -0.25) is 14.9 Å². The van der Waals surface area contributed by atoms with Crippen molar-refractivity contribution in [2.75, 3.05) is 26.2 Å². The molecule has 0 N–H and O–H groups in total. The van der Waals surface area contributed by atoms with Gasteiger partial charge in [0.2, 0.25) is 10.0 Å². The van der Waals surface area contributed by atoms with Crippen molar-refractivity contribution in [3.05, 3.63) is 69.9 Å². The lowest BCUT2D eigenvalue weighted by Gasteiger charge is -2.37. The highest BCUT2D eigenvalue weighted by Crippen LogP contribution is 2.35. The molecule has 1 aliphatic heterocycles. The summed E-state index contributed by atoms with van der Waals surface area (Å²) in [6.45, 7) is 7.81. The third-order valence-electron chi connectivity index (χ3n) is 5.45. The third kappa shape index (κ3) is 4.40. The molecule has 1 radical (unpaired) electrons. The van der Waals surface area contributed by atoms with Crippen molar-refractivity contribution in [2.24, 2.45) is 0 Å². The highest BCUT2D eigenvalue weighted by atomic mass is 35.5. The molecule has 1 aliphatic rings. The predicted molar refractivity (Wildman–Crippen MR) is 124 cm³/mol. The summed E-state index contributed by atoms with van der Waals surface area (Å²) in [6, 6.07) is 8.39. The molecule has 3 heterocycles. The summed E-state index contributed by atoms with van der Waals surface area (Å²) in [4.78, 5) is 11.0. The van der Waals surface area contributed by atoms with Crippen molar-refractivity contribution in [1.29, 1.82) is 0 Å². The fourth-order valence-corrected chi connectivity index (χ4v) is 6.66. The van der Waals surface area contributed by atoms with E-state index in [1.54, 1.807) is 6.20 Å². The molecular weight excluding hydrogens is 479 g/mol. The summed E-state index contributed by atoms with van der Waals surface area (Å²) in [6.07, 6.45) is 1.74. The van der Waals surface area contributed by atoms with E-state index in [9.17, 15) is 8.42 Å². The molecule has 2 aromatic heterocycles. The highest BCUT2D eigenvalue weighted by Gasteiger charge is 2.33. The maximum Gasteiger partial charge on any atom is 0.246 e. The summed E-state index contributed by atoms with van der Waals surface area (Å²) in [5, 5.41) is 1.32. The fraction of sp³-hybridized carbons (Fsp3) is 0.286. The van der Waals surface area contributed by atoms with Gasteiger partial charge in [0, 0.05) is 48.5 Å². The largest absolute Gasteiger partial charge is 0.292 e. The number of aromatic nitrogens is 2. The summed E-state index contributed by atoms with van der Waals surface area (Å²) in [7, 11) is -3.85. The van der Waals surface area contributed by atoms with Crippen LogP contribution in [-0.4, -0.2) is 53.8 Å². The molecule has 1 fully saturated rings. The number of sulfonamides is 1. The van der Waals surface area contributed by atoms with E-state index in [4.69, 9.17) is 39.8 Å². The Kier molecular flexibility index (Phi) is 6.45. The Bertz CT molecular complexity index is 1220. The van der Waals surface area contributed by atoms with Gasteiger partial charge in [-0.05, 0) is 44.2 Å². The Morgan fingerprint density at radius 1 is 1.03 bits per heavy atom. The number of rotatable bonds is 4. The SMILES string of the molecule is [CH2]C(c1ccc2c(C)nccc2n1)N1CCN(S(=O)(=O)c2c(Cl)cc(Cl)cc2Cl)CC1. The molecule has 0 saturated carbocycles. The van der Waals surface area contributed by atoms with Gasteiger partial charge in [-0.2, -0.15) is 4.31 Å². The van der Waals surface area contributed by atoms with Crippen LogP contribution in [0.3, 0.4) is 0 Å². The monoisotopic (exact) mass is 497 g/mol. The van der Waals surface area contributed by atoms with E-state index in [0.717, 1.165) is 22.3 Å². The van der Waals surface area contributed by atoms with Gasteiger partial charge in [-0.25, -0.2) is 8.42 Å². The molecule has 6 nitrogen and oxygen atoms in total. The van der Waals surface area contributed by atoms with Crippen LogP contribution in [0, 0.1) is 13.8 Å². The van der Waals surface area contributed by atoms with Gasteiger partial charge in [-0.1, -0.05) is 34.8 Å². The summed E-state index contributed by atoms with van der Waals surface area (Å²) < 4.78 is 27.6. The summed E-state index contributed by atoms with van der Waals surface area (Å²) in [5.41, 5.74) is 2.63. The molecule has 1 atom stereocenters. The van der Waals surface area contributed by atoms with Crippen molar-refractivity contribution in [1.82, 2.24) is 19.2 Å². The number of fused-ring (bicyclic) bond motifs is 1. The Labute approximate surface area is 196 Å². The van der Waals surface area contributed by atoms with Crippen molar-refractivity contribution in [3.63, 3.8) is 0 Å². The van der Waals surface area contributed by atoms with E-state index in [-0.39, 0.29) is 26.0 Å². The summed E-state index contributed by atoms with van der Waals surface area (Å²) >= 11 is 18.2. The molecule has 10 heteroatoms. The van der Waals surface area contributed by atoms with E-state index >= 15 is 0 Å². The van der Waals surface area contributed by atoms with Crippen LogP contribution in [-0.2, 0) is 10.0 Å². The molecule has 3 aromatic rings. The zero-order chi connectivity index (χ0) is 22.3. The van der Waals surface area contributed by atoms with Crippen molar-refractivity contribution < 1.29 is 8.42 Å². The number of benzene rings is 1. The maximum atomic E-state index is 13.1. The lowest BCUT2D eigenvalue weighted by molar-refractivity contribution is 0.156. The second-order valence-corrected chi connectivity index (χ2v) is 10.5. The van der Waals surface area contributed by atoms with Gasteiger partial charge in [0.25, 0.3) is 0 Å². The number of nitrogens with zero attached hydrogens (tertiary/aromatic N) is 4. The molecule has 0 aliphatic carbocycles. The minimum absolute atomic E-state index is 0.0140. The topological polar surface area (TPSA) is 66.4 Å². The average molecular weight is 499 g/mol. The molecular formula is C21H20Cl3N4O2S. The summed E-state index contributed by atoms with van der Waals surface area (Å²) in [5.74, 6) is 0. The zero-order valence-corrected chi connectivity index (χ0v) is 19.8. The lowest BCUT2D eigenvalue weighted by atomic mass is 10.1. The van der Waals surface area contributed by atoms with Crippen molar-refractivity contribution in [3.8, 4) is 0 Å². The predicted octanol–water partition coefficient (Wildman–Crippen LogP) is 4.78. The van der Waals surface area contributed by atoms with Crippen molar-refractivity contribution >= 4 is 55.7 Å². The van der Waals surface area contributed by atoms with Gasteiger partial charge in [0.1, 0.15) is 4.90 Å². The van der Waals surface area contributed by atoms with Crippen LogP contribution in [0.25, 0.3) is 10.9 Å². The minimum Gasteiger partial charge on any atom is -0.292 e. The molecule has 163 valence electrons. The molecule has 1 saturated heterocycles. The molecule has 31 heavy (non-hydrogen) atoms. The fourth-order valence-electron chi connectivity index (χ4n) is 3.75. The van der Waals surface area contributed by atoms with Crippen LogP contribution in [0.4, 0.5) is 0 Å². The van der Waals surface area contributed by atoms with Crippen LogP contribution in [0.2, 0.25) is 15.1 Å². The number of piperazine rings is 1. The Morgan fingerprint density at radius 2 is 1.68 bits per heavy atom. The Morgan fingerprint density at radius 3 is 2.32 bits per heavy atom. The smallest absolute Gasteiger partial charge is 0.246 e. The van der Waals surface area contributed by atoms with E-state index in [1.807, 2.05) is 25.1 Å². The third-order valence-corrected chi connectivity index (χ3v) is 8.49. The van der Waals surface area contributed by atoms with Gasteiger partial charge >= 0.3 is 0 Å². The molecule has 0 spiro atoms. The first-order chi connectivity index (χ1) is 14.7. The Balaban J connectivity index is 1.51. The van der Waals surface area contributed by atoms with Gasteiger partial charge < -0.3 is 0 Å². The number of pyridine rings is 2. The number of aryl methyl sites for hydroxylation is 1. The minimum atomic E-state index is -3.85. The second-order valence-electron chi connectivity index (χ2n) is 7.35. The van der Waals surface area contributed by atoms with Crippen LogP contribution in [0.15, 0.2) is 41.4 Å². The van der Waals surface area contributed by atoms with E-state index < -0.39 is 10.0 Å². The second kappa shape index (κ2) is 8.81. The first-order valence-corrected chi connectivity index (χ1v) is 12.2. The quantitative estimate of drug-likeness (QED) is 0.518. The van der Waals surface area contributed by atoms with Crippen LogP contribution < -0.4 is 0 Å². The maximum absolute atomic E-state index is 13.1. The molecule has 1 unspecified atom stereocenters. The van der Waals surface area contributed by atoms with Gasteiger partial charge in [-0.15, -0.1) is 0 Å². The molecule has 1 aromatic carbocycles. The number of hydrogen-bond donors (Lipinski definition) is 0. The van der Waals surface area contributed by atoms with Crippen LogP contribution in [0.1, 0.15) is 17.4 Å². The molecule has 0 bridgehead atoms. The standard InChI is InChI=1S/C21H20Cl3N4O2S/c1-13-16-3-4-19(26-20(16)5-6-25-13)14(2)27-7-9-28(10-8-27)31(29,30)21-17(23)11-15(22)12-18(21)24/h3-6,11-12,14H,2,7-10H2,1H3. The first kappa shape index (κ1) is 22.7. The van der Waals surface area contributed by atoms with E-state index in [0.29, 0.717) is 26.2 Å². The Hall–Kier alpha value is -1.48.